The number of hydrogen-bond acceptors (Lipinski definition) is 0. The molecular weight excluding hydrogens is 264 g/mol. The molecule has 102 valence electrons. The maximum atomic E-state index is 3.43. The zero-order chi connectivity index (χ0) is 14.8. The highest BCUT2D eigenvalue weighted by Gasteiger charge is 1.96. The lowest BCUT2D eigenvalue weighted by Gasteiger charge is -2.00. The third-order valence-corrected chi connectivity index (χ3v) is 3.81. The zero-order valence-corrected chi connectivity index (χ0v) is 12.1. The van der Waals surface area contributed by atoms with E-state index in [0.29, 0.717) is 0 Å². The summed E-state index contributed by atoms with van der Waals surface area (Å²) in [4.78, 5) is 0. The first kappa shape index (κ1) is 12.8. The molecule has 0 N–H and O–H groups in total. The van der Waals surface area contributed by atoms with Gasteiger partial charge in [0.05, 0.1) is 0 Å². The fourth-order valence-electron chi connectivity index (χ4n) is 2.64. The highest BCUT2D eigenvalue weighted by molar-refractivity contribution is 5.87. The minimum atomic E-state index is 1.08. The molecule has 0 amide bonds. The van der Waals surface area contributed by atoms with Crippen molar-refractivity contribution in [2.24, 2.45) is 0 Å². The first-order chi connectivity index (χ1) is 10.9. The summed E-state index contributed by atoms with van der Waals surface area (Å²) in [7, 11) is 0. The molecule has 0 aliphatic carbocycles. The summed E-state index contributed by atoms with van der Waals surface area (Å²) in [5.41, 5.74) is 2.17. The van der Waals surface area contributed by atoms with Crippen molar-refractivity contribution in [3.63, 3.8) is 0 Å². The average molecular weight is 278 g/mol. The molecule has 0 bridgehead atoms. The van der Waals surface area contributed by atoms with Crippen LogP contribution in [0.3, 0.4) is 0 Å². The summed E-state index contributed by atoms with van der Waals surface area (Å²) >= 11 is 0. The summed E-state index contributed by atoms with van der Waals surface area (Å²) in [5, 5.41) is 4.73. The summed E-state index contributed by atoms with van der Waals surface area (Å²) in [6, 6.07) is 31.9. The second kappa shape index (κ2) is 5.50. The summed E-state index contributed by atoms with van der Waals surface area (Å²) in [6.07, 6.45) is 4.18. The lowest BCUT2D eigenvalue weighted by molar-refractivity contribution is 1.68. The highest BCUT2D eigenvalue weighted by atomic mass is 14.0. The van der Waals surface area contributed by atoms with Crippen LogP contribution < -0.4 is 0 Å². The van der Waals surface area contributed by atoms with Crippen LogP contribution in [0.1, 0.15) is 11.1 Å². The van der Waals surface area contributed by atoms with Crippen LogP contribution >= 0.6 is 0 Å². The minimum absolute atomic E-state index is 1.08. The molecule has 22 heavy (non-hydrogen) atoms. The van der Waals surface area contributed by atoms with Crippen molar-refractivity contribution < 1.29 is 0 Å². The Balaban J connectivity index is 1.68. The molecule has 0 saturated heterocycles. The van der Waals surface area contributed by atoms with Crippen LogP contribution in [0.5, 0.6) is 0 Å². The molecule has 2 radical (unpaired) electrons. The summed E-state index contributed by atoms with van der Waals surface area (Å²) < 4.78 is 0. The van der Waals surface area contributed by atoms with Crippen LogP contribution in [0.4, 0.5) is 0 Å². The summed E-state index contributed by atoms with van der Waals surface area (Å²) in [6.45, 7) is 0. The summed E-state index contributed by atoms with van der Waals surface area (Å²) in [5.74, 6) is 0. The van der Waals surface area contributed by atoms with Crippen LogP contribution in [0.2, 0.25) is 0 Å². The van der Waals surface area contributed by atoms with Gasteiger partial charge in [-0.15, -0.1) is 0 Å². The standard InChI is InChI=1S/C22H14/c1-3-7-21-15-17(11-13-19(21)5-1)9-10-18-12-14-20-6-2-4-8-22(20)16-18/h1-14H. The molecule has 0 atom stereocenters. The zero-order valence-electron chi connectivity index (χ0n) is 12.1. The molecule has 0 spiro atoms. The Morgan fingerprint density at radius 1 is 0.500 bits per heavy atom. The van der Waals surface area contributed by atoms with Gasteiger partial charge in [0, 0.05) is 0 Å². The molecule has 0 unspecified atom stereocenters. The average Bonchev–Trinajstić information content (AvgIpc) is 2.59. The number of benzene rings is 4. The minimum Gasteiger partial charge on any atom is -0.0616 e. The molecule has 0 aromatic heterocycles. The number of rotatable bonds is 2. The van der Waals surface area contributed by atoms with E-state index < -0.39 is 0 Å². The van der Waals surface area contributed by atoms with E-state index in [2.05, 4.69) is 84.9 Å². The van der Waals surface area contributed by atoms with Crippen molar-refractivity contribution in [3.05, 3.63) is 96.1 Å². The maximum absolute atomic E-state index is 3.43. The molecule has 0 heterocycles. The smallest absolute Gasteiger partial charge is 0.00206 e. The third kappa shape index (κ3) is 2.51. The van der Waals surface area contributed by atoms with Crippen LogP contribution in [-0.2, 0) is 0 Å². The Morgan fingerprint density at radius 2 is 0.955 bits per heavy atom. The second-order valence-corrected chi connectivity index (χ2v) is 5.34. The van der Waals surface area contributed by atoms with Crippen molar-refractivity contribution in [2.75, 3.05) is 0 Å². The van der Waals surface area contributed by atoms with Gasteiger partial charge in [-0.25, -0.2) is 0 Å². The first-order valence-electron chi connectivity index (χ1n) is 7.39. The quantitative estimate of drug-likeness (QED) is 0.409. The van der Waals surface area contributed by atoms with Gasteiger partial charge in [0.2, 0.25) is 0 Å². The molecular formula is C22H14. The molecule has 0 saturated carbocycles. The third-order valence-electron chi connectivity index (χ3n) is 3.81. The Labute approximate surface area is 130 Å². The number of fused-ring (bicyclic) bond motifs is 2. The van der Waals surface area contributed by atoms with E-state index in [0.717, 1.165) is 21.9 Å². The SMILES string of the molecule is [c]1c(C=Cc2[c]c3ccccc3cc2)ccc2ccccc12. The predicted molar refractivity (Wildman–Crippen MR) is 94.5 cm³/mol. The van der Waals surface area contributed by atoms with Gasteiger partial charge in [0.25, 0.3) is 0 Å². The largest absolute Gasteiger partial charge is 0.0616 e. The maximum Gasteiger partial charge on any atom is -0.00206 e. The van der Waals surface area contributed by atoms with Crippen LogP contribution in [0.25, 0.3) is 33.7 Å². The van der Waals surface area contributed by atoms with Crippen LogP contribution in [-0.4, -0.2) is 0 Å². The lowest BCUT2D eigenvalue weighted by atomic mass is 10.0. The van der Waals surface area contributed by atoms with Gasteiger partial charge >= 0.3 is 0 Å². The fourth-order valence-corrected chi connectivity index (χ4v) is 2.64. The highest BCUT2D eigenvalue weighted by Crippen LogP contribution is 2.19. The van der Waals surface area contributed by atoms with Crippen molar-refractivity contribution in [1.82, 2.24) is 0 Å². The Morgan fingerprint density at radius 3 is 1.45 bits per heavy atom. The van der Waals surface area contributed by atoms with Gasteiger partial charge in [-0.2, -0.15) is 0 Å². The molecule has 0 aliphatic heterocycles. The van der Waals surface area contributed by atoms with Crippen molar-refractivity contribution in [2.45, 2.75) is 0 Å². The second-order valence-electron chi connectivity index (χ2n) is 5.34. The van der Waals surface area contributed by atoms with Gasteiger partial charge in [-0.3, -0.25) is 0 Å². The fraction of sp³-hybridized carbons (Fsp3) is 0. The van der Waals surface area contributed by atoms with E-state index in [1.165, 1.54) is 10.8 Å². The van der Waals surface area contributed by atoms with Gasteiger partial charge in [0.1, 0.15) is 0 Å². The Bertz CT molecular complexity index is 896. The van der Waals surface area contributed by atoms with Crippen LogP contribution in [0.15, 0.2) is 72.8 Å². The predicted octanol–water partition coefficient (Wildman–Crippen LogP) is 5.76. The van der Waals surface area contributed by atoms with E-state index in [4.69, 9.17) is 0 Å². The molecule has 4 aromatic carbocycles. The van der Waals surface area contributed by atoms with Crippen molar-refractivity contribution >= 4 is 33.7 Å². The van der Waals surface area contributed by atoms with Crippen LogP contribution in [0, 0.1) is 12.1 Å². The van der Waals surface area contributed by atoms with Crippen molar-refractivity contribution in [3.8, 4) is 0 Å². The number of hydrogen-bond donors (Lipinski definition) is 0. The van der Waals surface area contributed by atoms with Gasteiger partial charge < -0.3 is 0 Å². The Hall–Kier alpha value is -2.86. The van der Waals surface area contributed by atoms with Gasteiger partial charge in [-0.05, 0) is 44.8 Å². The van der Waals surface area contributed by atoms with E-state index in [1.54, 1.807) is 0 Å². The molecule has 4 rings (SSSR count). The molecule has 4 aromatic rings. The molecule has 0 heteroatoms. The normalized spacial score (nSPS) is 11.5. The van der Waals surface area contributed by atoms with E-state index in [-0.39, 0.29) is 0 Å². The van der Waals surface area contributed by atoms with E-state index in [1.807, 2.05) is 12.1 Å². The van der Waals surface area contributed by atoms with Gasteiger partial charge in [0.15, 0.2) is 0 Å². The van der Waals surface area contributed by atoms with E-state index in [9.17, 15) is 0 Å². The molecule has 0 nitrogen and oxygen atoms in total. The van der Waals surface area contributed by atoms with E-state index >= 15 is 0 Å². The monoisotopic (exact) mass is 278 g/mol. The van der Waals surface area contributed by atoms with Gasteiger partial charge in [-0.1, -0.05) is 84.9 Å². The molecule has 0 aliphatic rings. The van der Waals surface area contributed by atoms with Crippen molar-refractivity contribution in [1.29, 1.82) is 0 Å². The topological polar surface area (TPSA) is 0 Å². The Kier molecular flexibility index (Phi) is 3.21. The first-order valence-corrected chi connectivity index (χ1v) is 7.39. The lowest BCUT2D eigenvalue weighted by Crippen LogP contribution is -1.78. The molecule has 0 fully saturated rings.